The summed E-state index contributed by atoms with van der Waals surface area (Å²) in [6.07, 6.45) is 0. The molecule has 0 spiro atoms. The minimum Gasteiger partial charge on any atom is -0.492 e. The summed E-state index contributed by atoms with van der Waals surface area (Å²) >= 11 is 0. The van der Waals surface area contributed by atoms with E-state index in [2.05, 4.69) is 5.32 Å². The van der Waals surface area contributed by atoms with Crippen LogP contribution in [0.15, 0.2) is 53.4 Å². The van der Waals surface area contributed by atoms with E-state index in [4.69, 9.17) is 4.74 Å². The lowest BCUT2D eigenvalue weighted by atomic mass is 10.2. The molecule has 0 aliphatic carbocycles. The largest absolute Gasteiger partial charge is 0.492 e. The fourth-order valence-corrected chi connectivity index (χ4v) is 4.51. The lowest BCUT2D eigenvalue weighted by molar-refractivity contribution is -0.118. The van der Waals surface area contributed by atoms with Crippen molar-refractivity contribution >= 4 is 27.5 Å². The van der Waals surface area contributed by atoms with Crippen LogP contribution in [0, 0.1) is 0 Å². The quantitative estimate of drug-likeness (QED) is 0.867. The number of para-hydroxylation sites is 2. The van der Waals surface area contributed by atoms with Gasteiger partial charge in [-0.1, -0.05) is 24.3 Å². The number of ether oxygens (including phenoxy) is 1. The molecule has 2 aromatic carbocycles. The maximum Gasteiger partial charge on any atom is 0.269 e. The summed E-state index contributed by atoms with van der Waals surface area (Å²) in [7, 11) is -4.06. The van der Waals surface area contributed by atoms with Crippen molar-refractivity contribution in [1.29, 1.82) is 0 Å². The first-order chi connectivity index (χ1) is 12.4. The first-order valence-corrected chi connectivity index (χ1v) is 9.52. The zero-order valence-corrected chi connectivity index (χ0v) is 15.1. The van der Waals surface area contributed by atoms with Crippen molar-refractivity contribution < 1.29 is 22.7 Å². The number of anilines is 1. The number of sulfonamides is 1. The Bertz CT molecular complexity index is 971. The van der Waals surface area contributed by atoms with Crippen molar-refractivity contribution in [1.82, 2.24) is 4.31 Å². The molecule has 1 heterocycles. The summed E-state index contributed by atoms with van der Waals surface area (Å²) in [6.45, 7) is 3.60. The molecule has 7 nitrogen and oxygen atoms in total. The van der Waals surface area contributed by atoms with Gasteiger partial charge in [-0.15, -0.1) is 0 Å². The summed E-state index contributed by atoms with van der Waals surface area (Å²) in [6, 6.07) is 11.5. The maximum absolute atomic E-state index is 12.7. The highest BCUT2D eigenvalue weighted by molar-refractivity contribution is 7.90. The van der Waals surface area contributed by atoms with Gasteiger partial charge >= 0.3 is 0 Å². The van der Waals surface area contributed by atoms with Crippen LogP contribution in [-0.2, 0) is 14.8 Å². The van der Waals surface area contributed by atoms with Crippen molar-refractivity contribution in [3.8, 4) is 5.75 Å². The SMILES string of the molecule is CCOc1ccccc1NC(=O)[C@H](C)N1C(=O)c2ccccc2S1(=O)=O. The van der Waals surface area contributed by atoms with Crippen molar-refractivity contribution in [3.05, 3.63) is 54.1 Å². The molecule has 0 bridgehead atoms. The van der Waals surface area contributed by atoms with Crippen molar-refractivity contribution in [3.63, 3.8) is 0 Å². The number of carbonyl (C=O) groups excluding carboxylic acids is 2. The molecule has 1 atom stereocenters. The number of nitrogens with one attached hydrogen (secondary N) is 1. The molecule has 8 heteroatoms. The number of hydrogen-bond donors (Lipinski definition) is 1. The number of hydrogen-bond acceptors (Lipinski definition) is 5. The molecule has 0 saturated heterocycles. The molecule has 26 heavy (non-hydrogen) atoms. The van der Waals surface area contributed by atoms with Gasteiger partial charge in [-0.05, 0) is 38.1 Å². The van der Waals surface area contributed by atoms with Crippen LogP contribution in [0.3, 0.4) is 0 Å². The zero-order chi connectivity index (χ0) is 18.9. The molecule has 1 N–H and O–H groups in total. The number of rotatable bonds is 5. The fourth-order valence-electron chi connectivity index (χ4n) is 2.78. The number of fused-ring (bicyclic) bond motifs is 1. The Hall–Kier alpha value is -2.87. The van der Waals surface area contributed by atoms with E-state index < -0.39 is 27.9 Å². The number of benzene rings is 2. The van der Waals surface area contributed by atoms with Crippen molar-refractivity contribution in [2.45, 2.75) is 24.8 Å². The normalized spacial score (nSPS) is 16.1. The summed E-state index contributed by atoms with van der Waals surface area (Å²) in [5.41, 5.74) is 0.481. The molecule has 0 aromatic heterocycles. The molecular weight excluding hydrogens is 356 g/mol. The zero-order valence-electron chi connectivity index (χ0n) is 14.3. The Kier molecular flexibility index (Phi) is 4.69. The van der Waals surface area contributed by atoms with Crippen LogP contribution in [0.25, 0.3) is 0 Å². The Balaban J connectivity index is 1.88. The van der Waals surface area contributed by atoms with Crippen LogP contribution >= 0.6 is 0 Å². The predicted octanol–water partition coefficient (Wildman–Crippen LogP) is 2.26. The Morgan fingerprint density at radius 1 is 1.15 bits per heavy atom. The highest BCUT2D eigenvalue weighted by Gasteiger charge is 2.45. The van der Waals surface area contributed by atoms with Crippen LogP contribution in [0.1, 0.15) is 24.2 Å². The van der Waals surface area contributed by atoms with E-state index in [-0.39, 0.29) is 10.5 Å². The second-order valence-electron chi connectivity index (χ2n) is 5.70. The van der Waals surface area contributed by atoms with Gasteiger partial charge in [-0.2, -0.15) is 0 Å². The van der Waals surface area contributed by atoms with Crippen molar-refractivity contribution in [2.75, 3.05) is 11.9 Å². The van der Waals surface area contributed by atoms with Crippen LogP contribution in [0.5, 0.6) is 5.75 Å². The molecule has 2 aromatic rings. The van der Waals surface area contributed by atoms with E-state index >= 15 is 0 Å². The van der Waals surface area contributed by atoms with Gasteiger partial charge in [0, 0.05) is 0 Å². The minimum atomic E-state index is -4.06. The fraction of sp³-hybridized carbons (Fsp3) is 0.222. The average molecular weight is 374 g/mol. The van der Waals surface area contributed by atoms with E-state index in [1.807, 2.05) is 6.92 Å². The molecule has 0 unspecified atom stereocenters. The second kappa shape index (κ2) is 6.80. The third kappa shape index (κ3) is 2.92. The monoisotopic (exact) mass is 374 g/mol. The van der Waals surface area contributed by atoms with Gasteiger partial charge in [0.1, 0.15) is 16.7 Å². The Morgan fingerprint density at radius 2 is 1.81 bits per heavy atom. The number of amides is 2. The molecule has 3 rings (SSSR count). The smallest absolute Gasteiger partial charge is 0.269 e. The highest BCUT2D eigenvalue weighted by atomic mass is 32.2. The molecular formula is C18H18N2O5S. The van der Waals surface area contributed by atoms with E-state index in [9.17, 15) is 18.0 Å². The second-order valence-corrected chi connectivity index (χ2v) is 7.48. The molecule has 0 saturated carbocycles. The standard InChI is InChI=1S/C18H18N2O5S/c1-3-25-15-10-6-5-9-14(15)19-17(21)12(2)20-18(22)13-8-4-7-11-16(13)26(20,23)24/h4-12H,3H2,1-2H3,(H,19,21)/t12-/m0/s1. The van der Waals surface area contributed by atoms with Crippen LogP contribution in [0.4, 0.5) is 5.69 Å². The van der Waals surface area contributed by atoms with E-state index in [0.717, 1.165) is 0 Å². The third-order valence-corrected chi connectivity index (χ3v) is 5.94. The van der Waals surface area contributed by atoms with Gasteiger partial charge in [-0.3, -0.25) is 9.59 Å². The molecule has 2 amide bonds. The summed E-state index contributed by atoms with van der Waals surface area (Å²) in [5.74, 6) is -0.863. The highest BCUT2D eigenvalue weighted by Crippen LogP contribution is 2.32. The maximum atomic E-state index is 12.7. The molecule has 136 valence electrons. The first-order valence-electron chi connectivity index (χ1n) is 8.08. The van der Waals surface area contributed by atoms with Gasteiger partial charge in [0.2, 0.25) is 5.91 Å². The van der Waals surface area contributed by atoms with Crippen molar-refractivity contribution in [2.24, 2.45) is 0 Å². The average Bonchev–Trinajstić information content (AvgIpc) is 2.83. The summed E-state index contributed by atoms with van der Waals surface area (Å²) in [5, 5.41) is 2.63. The molecule has 0 radical (unpaired) electrons. The topological polar surface area (TPSA) is 92.8 Å². The van der Waals surface area contributed by atoms with Crippen LogP contribution < -0.4 is 10.1 Å². The van der Waals surface area contributed by atoms with Gasteiger partial charge < -0.3 is 10.1 Å². The van der Waals surface area contributed by atoms with E-state index in [0.29, 0.717) is 22.3 Å². The summed E-state index contributed by atoms with van der Waals surface area (Å²) in [4.78, 5) is 25.1. The number of nitrogens with zero attached hydrogens (tertiary/aromatic N) is 1. The van der Waals surface area contributed by atoms with E-state index in [1.54, 1.807) is 30.3 Å². The Labute approximate surface area is 151 Å². The predicted molar refractivity (Wildman–Crippen MR) is 95.5 cm³/mol. The first kappa shape index (κ1) is 17.9. The Morgan fingerprint density at radius 3 is 2.50 bits per heavy atom. The third-order valence-electron chi connectivity index (χ3n) is 4.03. The van der Waals surface area contributed by atoms with Gasteiger partial charge in [0.05, 0.1) is 17.9 Å². The summed E-state index contributed by atoms with van der Waals surface area (Å²) < 4.78 is 31.4. The van der Waals surface area contributed by atoms with Crippen LogP contribution in [-0.4, -0.2) is 37.2 Å². The van der Waals surface area contributed by atoms with Crippen LogP contribution in [0.2, 0.25) is 0 Å². The van der Waals surface area contributed by atoms with Gasteiger partial charge in [-0.25, -0.2) is 12.7 Å². The van der Waals surface area contributed by atoms with Gasteiger partial charge in [0.25, 0.3) is 15.9 Å². The van der Waals surface area contributed by atoms with E-state index in [1.165, 1.54) is 25.1 Å². The minimum absolute atomic E-state index is 0.0712. The lowest BCUT2D eigenvalue weighted by Crippen LogP contribution is -2.45. The number of carbonyl (C=O) groups is 2. The molecule has 1 aliphatic rings. The molecule has 1 aliphatic heterocycles. The van der Waals surface area contributed by atoms with Gasteiger partial charge in [0.15, 0.2) is 0 Å². The molecule has 0 fully saturated rings. The lowest BCUT2D eigenvalue weighted by Gasteiger charge is -2.23.